The number of halogens is 1. The summed E-state index contributed by atoms with van der Waals surface area (Å²) >= 11 is 5.84. The smallest absolute Gasteiger partial charge is 0.241 e. The zero-order valence-corrected chi connectivity index (χ0v) is 12.6. The van der Waals surface area contributed by atoms with Crippen molar-refractivity contribution >= 4 is 27.3 Å². The van der Waals surface area contributed by atoms with E-state index in [1.54, 1.807) is 13.8 Å². The maximum Gasteiger partial charge on any atom is 0.241 e. The molecule has 0 aromatic heterocycles. The Bertz CT molecular complexity index is 546. The Kier molecular flexibility index (Phi) is 5.61. The summed E-state index contributed by atoms with van der Waals surface area (Å²) in [5.41, 5.74) is 6.41. The Morgan fingerprint density at radius 3 is 2.68 bits per heavy atom. The van der Waals surface area contributed by atoms with E-state index in [1.807, 2.05) is 0 Å². The number of aryl methyl sites for hydroxylation is 1. The van der Waals surface area contributed by atoms with E-state index in [1.165, 1.54) is 12.1 Å². The van der Waals surface area contributed by atoms with Crippen LogP contribution in [0, 0.1) is 6.92 Å². The Morgan fingerprint density at radius 1 is 1.47 bits per heavy atom. The molecule has 0 spiro atoms. The molecule has 0 fully saturated rings. The first kappa shape index (κ1) is 16.2. The number of sulfonamides is 1. The number of anilines is 1. The fourth-order valence-corrected chi connectivity index (χ4v) is 3.50. The van der Waals surface area contributed by atoms with Crippen LogP contribution in [-0.2, 0) is 10.0 Å². The lowest BCUT2D eigenvalue weighted by Crippen LogP contribution is -2.33. The van der Waals surface area contributed by atoms with Gasteiger partial charge in [0.25, 0.3) is 0 Å². The predicted molar refractivity (Wildman–Crippen MR) is 76.7 cm³/mol. The van der Waals surface area contributed by atoms with Gasteiger partial charge >= 0.3 is 0 Å². The lowest BCUT2D eigenvalue weighted by atomic mass is 10.2. The van der Waals surface area contributed by atoms with Crippen molar-refractivity contribution in [1.82, 2.24) is 4.72 Å². The van der Waals surface area contributed by atoms with Crippen molar-refractivity contribution in [2.24, 2.45) is 0 Å². The van der Waals surface area contributed by atoms with Gasteiger partial charge in [-0.15, -0.1) is 0 Å². The van der Waals surface area contributed by atoms with E-state index >= 15 is 0 Å². The molecule has 1 rings (SSSR count). The van der Waals surface area contributed by atoms with Gasteiger partial charge in [-0.1, -0.05) is 11.6 Å². The molecular weight excluding hydrogens is 288 g/mol. The molecule has 19 heavy (non-hydrogen) atoms. The maximum atomic E-state index is 12.2. The normalized spacial score (nSPS) is 13.5. The molecule has 5 nitrogen and oxygen atoms in total. The van der Waals surface area contributed by atoms with Crippen molar-refractivity contribution in [3.05, 3.63) is 22.7 Å². The molecule has 1 aromatic rings. The van der Waals surface area contributed by atoms with Crippen LogP contribution in [0.15, 0.2) is 17.0 Å². The van der Waals surface area contributed by atoms with Gasteiger partial charge in [-0.3, -0.25) is 0 Å². The van der Waals surface area contributed by atoms with Gasteiger partial charge in [0.1, 0.15) is 0 Å². The zero-order chi connectivity index (χ0) is 14.6. The molecule has 0 aliphatic carbocycles. The fourth-order valence-electron chi connectivity index (χ4n) is 1.74. The van der Waals surface area contributed by atoms with Crippen LogP contribution in [0.3, 0.4) is 0 Å². The molecule has 1 atom stereocenters. The van der Waals surface area contributed by atoms with Gasteiger partial charge in [0.2, 0.25) is 10.0 Å². The quantitative estimate of drug-likeness (QED) is 0.697. The van der Waals surface area contributed by atoms with E-state index in [4.69, 9.17) is 22.4 Å². The van der Waals surface area contributed by atoms with Gasteiger partial charge in [-0.2, -0.15) is 0 Å². The largest absolute Gasteiger partial charge is 0.397 e. The Morgan fingerprint density at radius 2 is 2.11 bits per heavy atom. The van der Waals surface area contributed by atoms with E-state index < -0.39 is 10.0 Å². The van der Waals surface area contributed by atoms with Gasteiger partial charge in [-0.05, 0) is 44.4 Å². The number of benzene rings is 1. The third-order valence-electron chi connectivity index (χ3n) is 2.74. The first-order valence-electron chi connectivity index (χ1n) is 5.96. The highest BCUT2D eigenvalue weighted by molar-refractivity contribution is 7.89. The SMILES string of the molecule is Cc1cc(Cl)c(N)cc1S(=O)(=O)NC(C)CCCO. The molecule has 0 heterocycles. The fraction of sp³-hybridized carbons (Fsp3) is 0.500. The number of nitrogen functional groups attached to an aromatic ring is 1. The second-order valence-electron chi connectivity index (χ2n) is 4.53. The third-order valence-corrected chi connectivity index (χ3v) is 4.79. The molecule has 0 saturated heterocycles. The molecule has 0 amide bonds. The van der Waals surface area contributed by atoms with Crippen molar-refractivity contribution in [3.63, 3.8) is 0 Å². The minimum Gasteiger partial charge on any atom is -0.397 e. The second kappa shape index (κ2) is 6.56. The number of nitrogens with two attached hydrogens (primary N) is 1. The summed E-state index contributed by atoms with van der Waals surface area (Å²) < 4.78 is 27.0. The number of nitrogens with one attached hydrogen (secondary N) is 1. The number of hydrogen-bond donors (Lipinski definition) is 3. The summed E-state index contributed by atoms with van der Waals surface area (Å²) in [5.74, 6) is 0. The molecule has 0 aliphatic rings. The minimum absolute atomic E-state index is 0.0407. The summed E-state index contributed by atoms with van der Waals surface area (Å²) in [5, 5.41) is 9.07. The molecule has 1 aromatic carbocycles. The average Bonchev–Trinajstić information content (AvgIpc) is 2.30. The van der Waals surface area contributed by atoms with Crippen molar-refractivity contribution < 1.29 is 13.5 Å². The lowest BCUT2D eigenvalue weighted by Gasteiger charge is -2.15. The van der Waals surface area contributed by atoms with Crippen LogP contribution in [0.1, 0.15) is 25.3 Å². The molecule has 4 N–H and O–H groups in total. The van der Waals surface area contributed by atoms with Crippen LogP contribution in [0.2, 0.25) is 5.02 Å². The first-order chi connectivity index (χ1) is 8.77. The van der Waals surface area contributed by atoms with Crippen LogP contribution in [0.25, 0.3) is 0 Å². The molecular formula is C12H19ClN2O3S. The van der Waals surface area contributed by atoms with Crippen molar-refractivity contribution in [3.8, 4) is 0 Å². The predicted octanol–water partition coefficient (Wildman–Crippen LogP) is 1.67. The maximum absolute atomic E-state index is 12.2. The van der Waals surface area contributed by atoms with Gasteiger partial charge in [0, 0.05) is 12.6 Å². The number of aliphatic hydroxyl groups excluding tert-OH is 1. The van der Waals surface area contributed by atoms with Crippen LogP contribution >= 0.6 is 11.6 Å². The monoisotopic (exact) mass is 306 g/mol. The summed E-state index contributed by atoms with van der Waals surface area (Å²) in [7, 11) is -3.63. The number of aliphatic hydroxyl groups is 1. The number of hydrogen-bond acceptors (Lipinski definition) is 4. The molecule has 0 bridgehead atoms. The Balaban J connectivity index is 2.98. The number of rotatable bonds is 6. The molecule has 0 saturated carbocycles. The summed E-state index contributed by atoms with van der Waals surface area (Å²) in [6, 6.07) is 2.64. The van der Waals surface area contributed by atoms with Gasteiger partial charge in [0.15, 0.2) is 0 Å². The molecule has 108 valence electrons. The van der Waals surface area contributed by atoms with Crippen molar-refractivity contribution in [2.45, 2.75) is 37.6 Å². The van der Waals surface area contributed by atoms with Crippen LogP contribution in [0.4, 0.5) is 5.69 Å². The van der Waals surface area contributed by atoms with Crippen molar-refractivity contribution in [1.29, 1.82) is 0 Å². The average molecular weight is 307 g/mol. The zero-order valence-electron chi connectivity index (χ0n) is 11.0. The molecule has 0 aliphatic heterocycles. The van der Waals surface area contributed by atoms with Gasteiger partial charge in [0.05, 0.1) is 15.6 Å². The third kappa shape index (κ3) is 4.35. The highest BCUT2D eigenvalue weighted by Gasteiger charge is 2.20. The van der Waals surface area contributed by atoms with E-state index in [-0.39, 0.29) is 23.2 Å². The minimum atomic E-state index is -3.63. The summed E-state index contributed by atoms with van der Waals surface area (Å²) in [4.78, 5) is 0.130. The molecule has 1 unspecified atom stereocenters. The topological polar surface area (TPSA) is 92.4 Å². The van der Waals surface area contributed by atoms with Crippen LogP contribution in [-0.4, -0.2) is 26.2 Å². The second-order valence-corrected chi connectivity index (χ2v) is 6.62. The Hall–Kier alpha value is -0.820. The Labute approximate surface area is 118 Å². The lowest BCUT2D eigenvalue weighted by molar-refractivity contribution is 0.279. The van der Waals surface area contributed by atoms with Crippen LogP contribution < -0.4 is 10.5 Å². The standard InChI is InChI=1S/C12H19ClN2O3S/c1-8-6-10(13)11(14)7-12(8)19(17,18)15-9(2)4-3-5-16/h6-7,9,15-16H,3-5,14H2,1-2H3. The molecule has 0 radical (unpaired) electrons. The van der Waals surface area contributed by atoms with E-state index in [9.17, 15) is 8.42 Å². The highest BCUT2D eigenvalue weighted by atomic mass is 35.5. The molecule has 7 heteroatoms. The van der Waals surface area contributed by atoms with Gasteiger partial charge < -0.3 is 10.8 Å². The van der Waals surface area contributed by atoms with Crippen LogP contribution in [0.5, 0.6) is 0 Å². The highest BCUT2D eigenvalue weighted by Crippen LogP contribution is 2.26. The van der Waals surface area contributed by atoms with Gasteiger partial charge in [-0.25, -0.2) is 13.1 Å². The summed E-state index contributed by atoms with van der Waals surface area (Å²) in [6.07, 6.45) is 1.11. The first-order valence-corrected chi connectivity index (χ1v) is 7.83. The van der Waals surface area contributed by atoms with Crippen molar-refractivity contribution in [2.75, 3.05) is 12.3 Å². The summed E-state index contributed by atoms with van der Waals surface area (Å²) in [6.45, 7) is 3.46. The van der Waals surface area contributed by atoms with E-state index in [0.29, 0.717) is 23.4 Å². The van der Waals surface area contributed by atoms with E-state index in [2.05, 4.69) is 4.72 Å². The van der Waals surface area contributed by atoms with E-state index in [0.717, 1.165) is 0 Å².